The lowest BCUT2D eigenvalue weighted by atomic mass is 9.87. The third-order valence-electron chi connectivity index (χ3n) is 4.65. The molecular formula is C21H22N2O3S. The molecule has 3 aromatic rings. The fourth-order valence-corrected chi connectivity index (χ4v) is 4.15. The lowest BCUT2D eigenvalue weighted by Gasteiger charge is -2.30. The fraction of sp³-hybridized carbons (Fsp3) is 0.286. The highest BCUT2D eigenvalue weighted by Gasteiger charge is 2.39. The van der Waals surface area contributed by atoms with Crippen LogP contribution in [0.5, 0.6) is 0 Å². The van der Waals surface area contributed by atoms with Gasteiger partial charge in [0.1, 0.15) is 0 Å². The third kappa shape index (κ3) is 4.17. The lowest BCUT2D eigenvalue weighted by Crippen LogP contribution is -2.51. The van der Waals surface area contributed by atoms with E-state index >= 15 is 0 Å². The van der Waals surface area contributed by atoms with Gasteiger partial charge in [-0.15, -0.1) is 11.3 Å². The molecule has 0 saturated carbocycles. The number of aromatic nitrogens is 1. The predicted octanol–water partition coefficient (Wildman–Crippen LogP) is 4.13. The predicted molar refractivity (Wildman–Crippen MR) is 107 cm³/mol. The van der Waals surface area contributed by atoms with Crippen LogP contribution in [-0.2, 0) is 21.5 Å². The molecule has 1 amide bonds. The second-order valence-corrected chi connectivity index (χ2v) is 7.52. The number of aliphatic carboxylic acids is 1. The Kier molecular flexibility index (Phi) is 5.86. The van der Waals surface area contributed by atoms with Crippen molar-refractivity contribution in [3.63, 3.8) is 0 Å². The van der Waals surface area contributed by atoms with Crippen LogP contribution in [0, 0.1) is 0 Å². The van der Waals surface area contributed by atoms with Gasteiger partial charge in [-0.2, -0.15) is 0 Å². The summed E-state index contributed by atoms with van der Waals surface area (Å²) in [5.74, 6) is -1.31. The molecule has 0 aliphatic rings. The first-order valence-corrected chi connectivity index (χ1v) is 9.81. The number of fused-ring (bicyclic) bond motifs is 1. The molecule has 0 radical (unpaired) electrons. The third-order valence-corrected chi connectivity index (χ3v) is 5.74. The Hall–Kier alpha value is -2.73. The van der Waals surface area contributed by atoms with E-state index in [9.17, 15) is 14.7 Å². The summed E-state index contributed by atoms with van der Waals surface area (Å²) in [5.41, 5.74) is 0.162. The van der Waals surface area contributed by atoms with Crippen LogP contribution in [0.25, 0.3) is 10.2 Å². The number of para-hydroxylation sites is 1. The number of hydrogen-bond acceptors (Lipinski definition) is 4. The monoisotopic (exact) mass is 382 g/mol. The second-order valence-electron chi connectivity index (χ2n) is 6.41. The fourth-order valence-electron chi connectivity index (χ4n) is 3.14. The van der Waals surface area contributed by atoms with Gasteiger partial charge in [-0.05, 0) is 37.0 Å². The summed E-state index contributed by atoms with van der Waals surface area (Å²) in [6.45, 7) is 1.77. The topological polar surface area (TPSA) is 79.3 Å². The first kappa shape index (κ1) is 19.0. The number of hydrogen-bond donors (Lipinski definition) is 2. The maximum atomic E-state index is 12.5. The molecule has 6 heteroatoms. The van der Waals surface area contributed by atoms with Crippen LogP contribution < -0.4 is 5.32 Å². The Balaban J connectivity index is 1.63. The largest absolute Gasteiger partial charge is 0.479 e. The van der Waals surface area contributed by atoms with E-state index in [0.717, 1.165) is 15.2 Å². The number of rotatable bonds is 8. The maximum Gasteiger partial charge on any atom is 0.334 e. The van der Waals surface area contributed by atoms with Crippen molar-refractivity contribution < 1.29 is 14.7 Å². The lowest BCUT2D eigenvalue weighted by molar-refractivity contribution is -0.148. The van der Waals surface area contributed by atoms with Crippen molar-refractivity contribution in [1.82, 2.24) is 10.3 Å². The van der Waals surface area contributed by atoms with Crippen molar-refractivity contribution in [2.75, 3.05) is 0 Å². The summed E-state index contributed by atoms with van der Waals surface area (Å²) in [5, 5.41) is 13.5. The molecule has 1 aromatic heterocycles. The van der Waals surface area contributed by atoms with E-state index in [4.69, 9.17) is 0 Å². The van der Waals surface area contributed by atoms with Crippen LogP contribution in [0.3, 0.4) is 0 Å². The number of carbonyl (C=O) groups excluding carboxylic acids is 1. The standard InChI is InChI=1S/C21H22N2O3S/c1-2-21(20(25)26,15-9-4-3-5-10-15)23-18(24)13-8-14-19-22-16-11-6-7-12-17(16)27-19/h3-7,9-12H,2,8,13-14H2,1H3,(H,23,24)(H,25,26). The van der Waals surface area contributed by atoms with Crippen LogP contribution in [-0.4, -0.2) is 22.0 Å². The second kappa shape index (κ2) is 8.31. The molecule has 1 unspecified atom stereocenters. The summed E-state index contributed by atoms with van der Waals surface area (Å²) in [7, 11) is 0. The zero-order chi connectivity index (χ0) is 19.3. The molecule has 0 aliphatic heterocycles. The van der Waals surface area contributed by atoms with Crippen molar-refractivity contribution in [2.24, 2.45) is 0 Å². The number of nitrogens with zero attached hydrogens (tertiary/aromatic N) is 1. The van der Waals surface area contributed by atoms with Crippen LogP contribution in [0.15, 0.2) is 54.6 Å². The van der Waals surface area contributed by atoms with E-state index in [0.29, 0.717) is 18.4 Å². The highest BCUT2D eigenvalue weighted by molar-refractivity contribution is 7.18. The van der Waals surface area contributed by atoms with E-state index in [-0.39, 0.29) is 18.7 Å². The number of amides is 1. The van der Waals surface area contributed by atoms with Crippen molar-refractivity contribution in [1.29, 1.82) is 0 Å². The molecule has 0 aliphatic carbocycles. The Labute approximate surface area is 162 Å². The zero-order valence-corrected chi connectivity index (χ0v) is 16.0. The molecule has 140 valence electrons. The van der Waals surface area contributed by atoms with Gasteiger partial charge in [-0.25, -0.2) is 9.78 Å². The van der Waals surface area contributed by atoms with Gasteiger partial charge in [0.05, 0.1) is 15.2 Å². The molecule has 0 fully saturated rings. The number of carbonyl (C=O) groups is 2. The van der Waals surface area contributed by atoms with E-state index in [1.165, 1.54) is 0 Å². The minimum atomic E-state index is -1.39. The number of thiazole rings is 1. The van der Waals surface area contributed by atoms with Crippen molar-refractivity contribution >= 4 is 33.4 Å². The molecule has 2 N–H and O–H groups in total. The summed E-state index contributed by atoms with van der Waals surface area (Å²) in [4.78, 5) is 29.0. The number of carboxylic acids is 1. The van der Waals surface area contributed by atoms with Gasteiger partial charge in [0.25, 0.3) is 0 Å². The van der Waals surface area contributed by atoms with Gasteiger partial charge in [-0.1, -0.05) is 49.4 Å². The van der Waals surface area contributed by atoms with Gasteiger partial charge in [-0.3, -0.25) is 4.79 Å². The minimum Gasteiger partial charge on any atom is -0.479 e. The van der Waals surface area contributed by atoms with Gasteiger partial charge in [0.15, 0.2) is 5.54 Å². The first-order valence-electron chi connectivity index (χ1n) is 8.99. The van der Waals surface area contributed by atoms with Crippen LogP contribution >= 0.6 is 11.3 Å². The van der Waals surface area contributed by atoms with Gasteiger partial charge < -0.3 is 10.4 Å². The highest BCUT2D eigenvalue weighted by Crippen LogP contribution is 2.26. The zero-order valence-electron chi connectivity index (χ0n) is 15.1. The molecular weight excluding hydrogens is 360 g/mol. The van der Waals surface area contributed by atoms with E-state index in [1.807, 2.05) is 30.3 Å². The van der Waals surface area contributed by atoms with E-state index in [2.05, 4.69) is 10.3 Å². The molecule has 3 rings (SSSR count). The van der Waals surface area contributed by atoms with E-state index in [1.54, 1.807) is 42.5 Å². The highest BCUT2D eigenvalue weighted by atomic mass is 32.1. The number of aryl methyl sites for hydroxylation is 1. The Morgan fingerprint density at radius 3 is 2.48 bits per heavy atom. The quantitative estimate of drug-likeness (QED) is 0.614. The number of benzene rings is 2. The van der Waals surface area contributed by atoms with Gasteiger partial charge >= 0.3 is 5.97 Å². The average molecular weight is 382 g/mol. The summed E-state index contributed by atoms with van der Waals surface area (Å²) in [6, 6.07) is 16.8. The smallest absolute Gasteiger partial charge is 0.334 e. The molecule has 1 heterocycles. The van der Waals surface area contributed by atoms with Crippen molar-refractivity contribution in [3.05, 3.63) is 65.2 Å². The molecule has 27 heavy (non-hydrogen) atoms. The summed E-state index contributed by atoms with van der Waals surface area (Å²) < 4.78 is 1.14. The molecule has 0 spiro atoms. The van der Waals surface area contributed by atoms with Crippen LogP contribution in [0.1, 0.15) is 36.8 Å². The molecule has 0 bridgehead atoms. The Morgan fingerprint density at radius 1 is 1.11 bits per heavy atom. The maximum absolute atomic E-state index is 12.5. The van der Waals surface area contributed by atoms with E-state index < -0.39 is 11.5 Å². The average Bonchev–Trinajstić information content (AvgIpc) is 3.09. The Morgan fingerprint density at radius 2 is 1.81 bits per heavy atom. The minimum absolute atomic E-state index is 0.260. The molecule has 2 aromatic carbocycles. The Bertz CT molecular complexity index is 906. The van der Waals surface area contributed by atoms with Crippen molar-refractivity contribution in [3.8, 4) is 0 Å². The number of nitrogens with one attached hydrogen (secondary N) is 1. The summed E-state index contributed by atoms with van der Waals surface area (Å²) >= 11 is 1.63. The number of carboxylic acid groups (broad SMARTS) is 1. The molecule has 1 atom stereocenters. The van der Waals surface area contributed by atoms with Crippen LogP contribution in [0.4, 0.5) is 0 Å². The SMILES string of the molecule is CCC(NC(=O)CCCc1nc2ccccc2s1)(C(=O)O)c1ccccc1. The normalized spacial score (nSPS) is 13.2. The molecule has 5 nitrogen and oxygen atoms in total. The first-order chi connectivity index (χ1) is 13.0. The van der Waals surface area contributed by atoms with Crippen LogP contribution in [0.2, 0.25) is 0 Å². The summed E-state index contributed by atoms with van der Waals surface area (Å²) in [6.07, 6.45) is 1.86. The molecule has 0 saturated heterocycles. The van der Waals surface area contributed by atoms with Gasteiger partial charge in [0.2, 0.25) is 5.91 Å². The van der Waals surface area contributed by atoms with Gasteiger partial charge in [0, 0.05) is 6.42 Å². The van der Waals surface area contributed by atoms with Crippen molar-refractivity contribution in [2.45, 2.75) is 38.1 Å².